The van der Waals surface area contributed by atoms with Gasteiger partial charge >= 0.3 is 0 Å². The largest absolute Gasteiger partial charge is 0.394 e. The highest BCUT2D eigenvalue weighted by Crippen LogP contribution is 2.40. The number of benzene rings is 2. The molecule has 174 valence electrons. The van der Waals surface area contributed by atoms with E-state index in [9.17, 15) is 14.3 Å². The molecule has 5 nitrogen and oxygen atoms in total. The molecule has 1 saturated carbocycles. The summed E-state index contributed by atoms with van der Waals surface area (Å²) in [5, 5.41) is 10.2. The number of pyridine rings is 1. The molecule has 1 aliphatic rings. The molecule has 1 N–H and O–H groups in total. The van der Waals surface area contributed by atoms with Gasteiger partial charge in [0.2, 0.25) is 0 Å². The Morgan fingerprint density at radius 1 is 1.12 bits per heavy atom. The summed E-state index contributed by atoms with van der Waals surface area (Å²) in [4.78, 5) is 17.9. The van der Waals surface area contributed by atoms with Gasteiger partial charge in [-0.3, -0.25) is 4.79 Å². The minimum atomic E-state index is -0.630. The third kappa shape index (κ3) is 4.46. The van der Waals surface area contributed by atoms with Gasteiger partial charge in [-0.05, 0) is 79.1 Å². The van der Waals surface area contributed by atoms with Gasteiger partial charge in [-0.15, -0.1) is 0 Å². The number of aryl methyl sites for hydroxylation is 2. The summed E-state index contributed by atoms with van der Waals surface area (Å²) < 4.78 is 17.5. The molecule has 0 bridgehead atoms. The zero-order valence-corrected chi connectivity index (χ0v) is 19.4. The number of aromatic nitrogens is 3. The summed E-state index contributed by atoms with van der Waals surface area (Å²) in [5.41, 5.74) is 6.37. The highest BCUT2D eigenvalue weighted by atomic mass is 19.1. The van der Waals surface area contributed by atoms with E-state index in [1.54, 1.807) is 23.0 Å². The van der Waals surface area contributed by atoms with Crippen LogP contribution in [0.25, 0.3) is 5.69 Å². The highest BCUT2D eigenvalue weighted by molar-refractivity contribution is 5.44. The van der Waals surface area contributed by atoms with E-state index < -0.39 is 6.04 Å². The number of aliphatic hydroxyl groups excluding tert-OH is 1. The topological polar surface area (TPSA) is 60.0 Å². The van der Waals surface area contributed by atoms with Crippen LogP contribution in [-0.4, -0.2) is 25.8 Å². The first-order valence-electron chi connectivity index (χ1n) is 11.6. The molecule has 0 unspecified atom stereocenters. The van der Waals surface area contributed by atoms with Gasteiger partial charge in [0.05, 0.1) is 24.7 Å². The second kappa shape index (κ2) is 9.03. The van der Waals surface area contributed by atoms with Crippen LogP contribution in [0.15, 0.2) is 72.0 Å². The Morgan fingerprint density at radius 2 is 1.94 bits per heavy atom. The van der Waals surface area contributed by atoms with E-state index in [-0.39, 0.29) is 18.0 Å². The molecule has 2 aromatic carbocycles. The first kappa shape index (κ1) is 22.3. The van der Waals surface area contributed by atoms with Crippen molar-refractivity contribution in [2.75, 3.05) is 6.61 Å². The molecule has 0 radical (unpaired) electrons. The third-order valence-electron chi connectivity index (χ3n) is 6.57. The minimum absolute atomic E-state index is 0.153. The molecular weight excluding hydrogens is 429 g/mol. The maximum atomic E-state index is 13.9. The number of imidazole rings is 1. The van der Waals surface area contributed by atoms with Crippen LogP contribution in [0.5, 0.6) is 0 Å². The molecule has 0 amide bonds. The summed E-state index contributed by atoms with van der Waals surface area (Å²) in [5.74, 6) is 0.0530. The van der Waals surface area contributed by atoms with Crippen LogP contribution in [0.2, 0.25) is 0 Å². The number of rotatable bonds is 7. The van der Waals surface area contributed by atoms with Crippen LogP contribution in [0.1, 0.15) is 58.3 Å². The van der Waals surface area contributed by atoms with E-state index >= 15 is 0 Å². The molecule has 0 spiro atoms. The average molecular weight is 458 g/mol. The van der Waals surface area contributed by atoms with Crippen molar-refractivity contribution in [3.8, 4) is 5.69 Å². The molecular formula is C28H28FN3O2. The van der Waals surface area contributed by atoms with Crippen LogP contribution >= 0.6 is 0 Å². The summed E-state index contributed by atoms with van der Waals surface area (Å²) >= 11 is 0. The van der Waals surface area contributed by atoms with Crippen LogP contribution in [-0.2, 0) is 6.42 Å². The Kier molecular flexibility index (Phi) is 5.92. The normalized spacial score (nSPS) is 14.4. The molecule has 1 aliphatic carbocycles. The lowest BCUT2D eigenvalue weighted by molar-refractivity contribution is 0.246. The Labute approximate surface area is 198 Å². The summed E-state index contributed by atoms with van der Waals surface area (Å²) in [7, 11) is 0. The number of nitrogens with zero attached hydrogens (tertiary/aromatic N) is 3. The third-order valence-corrected chi connectivity index (χ3v) is 6.57. The van der Waals surface area contributed by atoms with Crippen molar-refractivity contribution < 1.29 is 9.50 Å². The fourth-order valence-electron chi connectivity index (χ4n) is 4.64. The number of halogens is 1. The SMILES string of the molecule is Cc1cn(-c2ccc(Cc3cc(C4CC4)cn([C@@H](CO)c4cccc(F)c4)c3=O)cc2C)cn1. The molecule has 0 saturated heterocycles. The lowest BCUT2D eigenvalue weighted by Gasteiger charge is -2.21. The van der Waals surface area contributed by atoms with Gasteiger partial charge in [0, 0.05) is 30.1 Å². The molecule has 0 aliphatic heterocycles. The maximum absolute atomic E-state index is 13.9. The molecule has 6 heteroatoms. The second-order valence-electron chi connectivity index (χ2n) is 9.26. The predicted octanol–water partition coefficient (Wildman–Crippen LogP) is 4.84. The van der Waals surface area contributed by atoms with E-state index in [2.05, 4.69) is 24.0 Å². The van der Waals surface area contributed by atoms with Gasteiger partial charge in [0.1, 0.15) is 5.82 Å². The molecule has 1 atom stereocenters. The van der Waals surface area contributed by atoms with Gasteiger partial charge in [-0.25, -0.2) is 9.37 Å². The van der Waals surface area contributed by atoms with Crippen LogP contribution in [0, 0.1) is 19.7 Å². The van der Waals surface area contributed by atoms with E-state index in [0.29, 0.717) is 23.5 Å². The van der Waals surface area contributed by atoms with Crippen LogP contribution < -0.4 is 5.56 Å². The number of hydrogen-bond acceptors (Lipinski definition) is 3. The molecule has 5 rings (SSSR count). The lowest BCUT2D eigenvalue weighted by atomic mass is 10.00. The van der Waals surface area contributed by atoms with Crippen LogP contribution in [0.4, 0.5) is 4.39 Å². The Hall–Kier alpha value is -3.51. The van der Waals surface area contributed by atoms with Gasteiger partial charge in [0.15, 0.2) is 0 Å². The lowest BCUT2D eigenvalue weighted by Crippen LogP contribution is -2.30. The Morgan fingerprint density at radius 3 is 2.59 bits per heavy atom. The zero-order valence-electron chi connectivity index (χ0n) is 19.4. The Bertz CT molecular complexity index is 1400. The van der Waals surface area contributed by atoms with Crippen molar-refractivity contribution in [1.82, 2.24) is 14.1 Å². The van der Waals surface area contributed by atoms with E-state index in [1.807, 2.05) is 36.0 Å². The van der Waals surface area contributed by atoms with Crippen LogP contribution in [0.3, 0.4) is 0 Å². The maximum Gasteiger partial charge on any atom is 0.254 e. The van der Waals surface area contributed by atoms with Gasteiger partial charge in [0.25, 0.3) is 5.56 Å². The van der Waals surface area contributed by atoms with Gasteiger partial charge in [-0.1, -0.05) is 24.3 Å². The Balaban J connectivity index is 1.52. The van der Waals surface area contributed by atoms with Crippen molar-refractivity contribution >= 4 is 0 Å². The molecule has 2 heterocycles. The fraction of sp³-hybridized carbons (Fsp3) is 0.286. The second-order valence-corrected chi connectivity index (χ2v) is 9.26. The molecule has 2 aromatic heterocycles. The van der Waals surface area contributed by atoms with Crippen molar-refractivity contribution in [3.63, 3.8) is 0 Å². The number of aliphatic hydroxyl groups is 1. The van der Waals surface area contributed by atoms with E-state index in [0.717, 1.165) is 40.9 Å². The first-order valence-corrected chi connectivity index (χ1v) is 11.6. The standard InChI is InChI=1S/C28H28FN3O2/c1-18-10-20(6-9-26(18)31-14-19(2)30-17-31)11-23-12-24(21-7-8-21)15-32(28(23)34)27(16-33)22-4-3-5-25(29)13-22/h3-6,9-10,12-15,17,21,27,33H,7-8,11,16H2,1-2H3/t27-/m0/s1. The van der Waals surface area contributed by atoms with Crippen molar-refractivity contribution in [3.05, 3.63) is 117 Å². The summed E-state index contributed by atoms with van der Waals surface area (Å²) in [6.45, 7) is 3.73. The molecule has 34 heavy (non-hydrogen) atoms. The van der Waals surface area contributed by atoms with E-state index in [4.69, 9.17) is 0 Å². The van der Waals surface area contributed by atoms with Crippen molar-refractivity contribution in [2.24, 2.45) is 0 Å². The van der Waals surface area contributed by atoms with Crippen molar-refractivity contribution in [1.29, 1.82) is 0 Å². The molecule has 1 fully saturated rings. The quantitative estimate of drug-likeness (QED) is 0.432. The average Bonchev–Trinajstić information content (AvgIpc) is 3.57. The molecule has 4 aromatic rings. The summed E-state index contributed by atoms with van der Waals surface area (Å²) in [6.07, 6.45) is 8.33. The van der Waals surface area contributed by atoms with Crippen molar-refractivity contribution in [2.45, 2.75) is 45.1 Å². The number of hydrogen-bond donors (Lipinski definition) is 1. The zero-order chi connectivity index (χ0) is 23.8. The van der Waals surface area contributed by atoms with Gasteiger partial charge in [-0.2, -0.15) is 0 Å². The predicted molar refractivity (Wildman–Crippen MR) is 130 cm³/mol. The minimum Gasteiger partial charge on any atom is -0.394 e. The smallest absolute Gasteiger partial charge is 0.254 e. The summed E-state index contributed by atoms with van der Waals surface area (Å²) in [6, 6.07) is 13.7. The fourth-order valence-corrected chi connectivity index (χ4v) is 4.64. The first-order chi connectivity index (χ1) is 16.4. The van der Waals surface area contributed by atoms with E-state index in [1.165, 1.54) is 12.1 Å². The highest BCUT2D eigenvalue weighted by Gasteiger charge is 2.27. The monoisotopic (exact) mass is 457 g/mol. The van der Waals surface area contributed by atoms with Gasteiger partial charge < -0.3 is 14.2 Å².